The number of hydrogen-bond acceptors (Lipinski definition) is 4. The van der Waals surface area contributed by atoms with Crippen LogP contribution in [0.3, 0.4) is 0 Å². The summed E-state index contributed by atoms with van der Waals surface area (Å²) in [4.78, 5) is 15.3. The van der Waals surface area contributed by atoms with E-state index in [9.17, 15) is 4.79 Å². The standard InChI is InChI=1S/C12H19N3O2/c1-4-17-12(16)10(2)7-14-11(3)8-15-6-5-13-9-15/h5-6,9,11,14H,2,4,7-8H2,1,3H3. The van der Waals surface area contributed by atoms with Crippen LogP contribution in [0.25, 0.3) is 0 Å². The van der Waals surface area contributed by atoms with Crippen molar-refractivity contribution in [2.45, 2.75) is 26.4 Å². The van der Waals surface area contributed by atoms with Crippen molar-refractivity contribution in [2.75, 3.05) is 13.2 Å². The van der Waals surface area contributed by atoms with E-state index < -0.39 is 0 Å². The normalized spacial score (nSPS) is 12.1. The first kappa shape index (κ1) is 13.4. The maximum Gasteiger partial charge on any atom is 0.334 e. The van der Waals surface area contributed by atoms with Gasteiger partial charge in [0, 0.05) is 37.1 Å². The molecule has 17 heavy (non-hydrogen) atoms. The van der Waals surface area contributed by atoms with Crippen LogP contribution in [0.5, 0.6) is 0 Å². The van der Waals surface area contributed by atoms with Crippen LogP contribution in [0, 0.1) is 0 Å². The summed E-state index contributed by atoms with van der Waals surface area (Å²) in [5.74, 6) is -0.338. The van der Waals surface area contributed by atoms with E-state index in [1.807, 2.05) is 17.7 Å². The highest BCUT2D eigenvalue weighted by molar-refractivity contribution is 5.88. The second-order valence-electron chi connectivity index (χ2n) is 3.87. The molecule has 0 saturated heterocycles. The number of carbonyl (C=O) groups excluding carboxylic acids is 1. The molecule has 0 aromatic carbocycles. The van der Waals surface area contributed by atoms with E-state index in [2.05, 4.69) is 16.9 Å². The Morgan fingerprint density at radius 2 is 2.41 bits per heavy atom. The number of nitrogens with one attached hydrogen (secondary N) is 1. The topological polar surface area (TPSA) is 56.2 Å². The first-order valence-corrected chi connectivity index (χ1v) is 5.67. The molecule has 0 spiro atoms. The maximum atomic E-state index is 11.3. The second-order valence-corrected chi connectivity index (χ2v) is 3.87. The average Bonchev–Trinajstić information content (AvgIpc) is 2.79. The van der Waals surface area contributed by atoms with Crippen molar-refractivity contribution in [3.63, 3.8) is 0 Å². The molecule has 1 rings (SSSR count). The largest absolute Gasteiger partial charge is 0.463 e. The molecule has 1 heterocycles. The minimum atomic E-state index is -0.338. The van der Waals surface area contributed by atoms with Crippen molar-refractivity contribution >= 4 is 5.97 Å². The SMILES string of the molecule is C=C(CNC(C)Cn1ccnc1)C(=O)OCC. The van der Waals surface area contributed by atoms with E-state index in [-0.39, 0.29) is 12.0 Å². The Labute approximate surface area is 101 Å². The van der Waals surface area contributed by atoms with Crippen LogP contribution in [-0.2, 0) is 16.1 Å². The van der Waals surface area contributed by atoms with Gasteiger partial charge in [0.2, 0.25) is 0 Å². The van der Waals surface area contributed by atoms with Gasteiger partial charge in [0.25, 0.3) is 0 Å². The van der Waals surface area contributed by atoms with E-state index in [1.165, 1.54) is 0 Å². The Morgan fingerprint density at radius 1 is 1.65 bits per heavy atom. The molecular formula is C12H19N3O2. The number of ether oxygens (including phenoxy) is 1. The van der Waals surface area contributed by atoms with Gasteiger partial charge in [-0.25, -0.2) is 9.78 Å². The quantitative estimate of drug-likeness (QED) is 0.567. The van der Waals surface area contributed by atoms with Crippen molar-refractivity contribution in [2.24, 2.45) is 0 Å². The van der Waals surface area contributed by atoms with Crippen LogP contribution >= 0.6 is 0 Å². The predicted octanol–water partition coefficient (Wildman–Crippen LogP) is 0.980. The molecule has 1 unspecified atom stereocenters. The number of rotatable bonds is 7. The van der Waals surface area contributed by atoms with Gasteiger partial charge >= 0.3 is 5.97 Å². The monoisotopic (exact) mass is 237 g/mol. The van der Waals surface area contributed by atoms with E-state index in [0.717, 1.165) is 6.54 Å². The Bertz CT molecular complexity index is 360. The third-order valence-corrected chi connectivity index (χ3v) is 2.27. The minimum absolute atomic E-state index is 0.232. The summed E-state index contributed by atoms with van der Waals surface area (Å²) in [6.45, 7) is 9.12. The molecule has 1 aromatic heterocycles. The van der Waals surface area contributed by atoms with Crippen molar-refractivity contribution in [3.05, 3.63) is 30.9 Å². The summed E-state index contributed by atoms with van der Waals surface area (Å²) in [6, 6.07) is 0.232. The zero-order valence-electron chi connectivity index (χ0n) is 10.3. The van der Waals surface area contributed by atoms with Gasteiger partial charge in [-0.1, -0.05) is 6.58 Å². The Hall–Kier alpha value is -1.62. The minimum Gasteiger partial charge on any atom is -0.463 e. The summed E-state index contributed by atoms with van der Waals surface area (Å²) in [5.41, 5.74) is 0.448. The van der Waals surface area contributed by atoms with Gasteiger partial charge < -0.3 is 14.6 Å². The lowest BCUT2D eigenvalue weighted by Crippen LogP contribution is -2.33. The molecule has 0 bridgehead atoms. The van der Waals surface area contributed by atoms with Crippen LogP contribution in [-0.4, -0.2) is 34.7 Å². The highest BCUT2D eigenvalue weighted by Gasteiger charge is 2.09. The molecule has 0 radical (unpaired) electrons. The van der Waals surface area contributed by atoms with Crippen LogP contribution in [0.4, 0.5) is 0 Å². The molecule has 1 atom stereocenters. The molecule has 0 aliphatic heterocycles. The molecular weight excluding hydrogens is 218 g/mol. The summed E-state index contributed by atoms with van der Waals surface area (Å²) in [7, 11) is 0. The van der Waals surface area contributed by atoms with Crippen LogP contribution in [0.15, 0.2) is 30.9 Å². The Kier molecular flexibility index (Phi) is 5.42. The third kappa shape index (κ3) is 4.82. The lowest BCUT2D eigenvalue weighted by atomic mass is 10.2. The highest BCUT2D eigenvalue weighted by Crippen LogP contribution is 1.96. The van der Waals surface area contributed by atoms with Crippen molar-refractivity contribution in [3.8, 4) is 0 Å². The van der Waals surface area contributed by atoms with Gasteiger partial charge in [-0.05, 0) is 13.8 Å². The fourth-order valence-electron chi connectivity index (χ4n) is 1.38. The molecule has 0 saturated carbocycles. The van der Waals surface area contributed by atoms with E-state index >= 15 is 0 Å². The van der Waals surface area contributed by atoms with Gasteiger partial charge in [0.15, 0.2) is 0 Å². The molecule has 0 aliphatic carbocycles. The number of carbonyl (C=O) groups is 1. The highest BCUT2D eigenvalue weighted by atomic mass is 16.5. The molecule has 1 N–H and O–H groups in total. The number of nitrogens with zero attached hydrogens (tertiary/aromatic N) is 2. The Balaban J connectivity index is 2.26. The van der Waals surface area contributed by atoms with Gasteiger partial charge in [-0.2, -0.15) is 0 Å². The van der Waals surface area contributed by atoms with Crippen molar-refractivity contribution in [1.82, 2.24) is 14.9 Å². The third-order valence-electron chi connectivity index (χ3n) is 2.27. The van der Waals surface area contributed by atoms with E-state index in [4.69, 9.17) is 4.74 Å². The summed E-state index contributed by atoms with van der Waals surface area (Å²) < 4.78 is 6.83. The molecule has 1 aromatic rings. The zero-order chi connectivity index (χ0) is 12.7. The van der Waals surface area contributed by atoms with Gasteiger partial charge in [-0.3, -0.25) is 0 Å². The predicted molar refractivity (Wildman–Crippen MR) is 65.5 cm³/mol. The average molecular weight is 237 g/mol. The number of imidazole rings is 1. The van der Waals surface area contributed by atoms with Crippen LogP contribution in [0.2, 0.25) is 0 Å². The Morgan fingerprint density at radius 3 is 3.00 bits per heavy atom. The molecule has 0 fully saturated rings. The zero-order valence-corrected chi connectivity index (χ0v) is 10.3. The summed E-state index contributed by atoms with van der Waals surface area (Å²) >= 11 is 0. The molecule has 5 heteroatoms. The second kappa shape index (κ2) is 6.85. The molecule has 94 valence electrons. The van der Waals surface area contributed by atoms with Crippen LogP contribution < -0.4 is 5.32 Å². The fourth-order valence-corrected chi connectivity index (χ4v) is 1.38. The van der Waals surface area contributed by atoms with Gasteiger partial charge in [0.05, 0.1) is 12.9 Å². The summed E-state index contributed by atoms with van der Waals surface area (Å²) in [5, 5.41) is 3.21. The maximum absolute atomic E-state index is 11.3. The number of esters is 1. The molecule has 0 amide bonds. The number of hydrogen-bond donors (Lipinski definition) is 1. The van der Waals surface area contributed by atoms with Crippen molar-refractivity contribution in [1.29, 1.82) is 0 Å². The van der Waals surface area contributed by atoms with Crippen molar-refractivity contribution < 1.29 is 9.53 Å². The summed E-state index contributed by atoms with van der Waals surface area (Å²) in [6.07, 6.45) is 5.40. The smallest absolute Gasteiger partial charge is 0.334 e. The fraction of sp³-hybridized carbons (Fsp3) is 0.500. The molecule has 5 nitrogen and oxygen atoms in total. The van der Waals surface area contributed by atoms with Crippen LogP contribution in [0.1, 0.15) is 13.8 Å². The lowest BCUT2D eigenvalue weighted by Gasteiger charge is -2.14. The number of aromatic nitrogens is 2. The van der Waals surface area contributed by atoms with Gasteiger partial charge in [0.1, 0.15) is 0 Å². The van der Waals surface area contributed by atoms with E-state index in [0.29, 0.717) is 18.7 Å². The van der Waals surface area contributed by atoms with E-state index in [1.54, 1.807) is 19.4 Å². The first-order chi connectivity index (χ1) is 8.13. The first-order valence-electron chi connectivity index (χ1n) is 5.67. The lowest BCUT2D eigenvalue weighted by molar-refractivity contribution is -0.138. The molecule has 0 aliphatic rings. The van der Waals surface area contributed by atoms with Gasteiger partial charge in [-0.15, -0.1) is 0 Å².